The van der Waals surface area contributed by atoms with Crippen molar-refractivity contribution in [2.24, 2.45) is 5.92 Å². The van der Waals surface area contributed by atoms with E-state index < -0.39 is 6.10 Å². The summed E-state index contributed by atoms with van der Waals surface area (Å²) in [6.45, 7) is 4.19. The average molecular weight is 251 g/mol. The fourth-order valence-corrected chi connectivity index (χ4v) is 2.30. The van der Waals surface area contributed by atoms with Crippen molar-refractivity contribution in [3.05, 3.63) is 17.5 Å². The zero-order valence-corrected chi connectivity index (χ0v) is 10.9. The molecule has 0 fully saturated rings. The Morgan fingerprint density at radius 1 is 1.67 bits per heavy atom. The van der Waals surface area contributed by atoms with E-state index in [1.165, 1.54) is 0 Å². The van der Waals surface area contributed by atoms with Gasteiger partial charge in [-0.15, -0.1) is 0 Å². The van der Waals surface area contributed by atoms with Gasteiger partial charge in [-0.25, -0.2) is 0 Å². The number of aromatic amines is 1. The second kappa shape index (κ2) is 5.52. The normalized spacial score (nSPS) is 20.6. The van der Waals surface area contributed by atoms with E-state index in [1.807, 2.05) is 13.8 Å². The molecule has 0 bridgehead atoms. The molecule has 1 amide bonds. The van der Waals surface area contributed by atoms with Crippen LogP contribution in [0.2, 0.25) is 0 Å². The molecule has 18 heavy (non-hydrogen) atoms. The summed E-state index contributed by atoms with van der Waals surface area (Å²) < 4.78 is 0. The second-order valence-electron chi connectivity index (χ2n) is 5.31. The van der Waals surface area contributed by atoms with Crippen LogP contribution in [0.3, 0.4) is 0 Å². The van der Waals surface area contributed by atoms with E-state index in [4.69, 9.17) is 0 Å². The molecule has 1 aliphatic rings. The first-order valence-electron chi connectivity index (χ1n) is 6.57. The number of aliphatic hydroxyl groups is 1. The van der Waals surface area contributed by atoms with Crippen molar-refractivity contribution in [1.29, 1.82) is 0 Å². The van der Waals surface area contributed by atoms with E-state index in [1.54, 1.807) is 6.20 Å². The quantitative estimate of drug-likeness (QED) is 0.746. The molecular weight excluding hydrogens is 230 g/mol. The second-order valence-corrected chi connectivity index (χ2v) is 5.31. The molecule has 1 aliphatic carbocycles. The Hall–Kier alpha value is -1.36. The van der Waals surface area contributed by atoms with Gasteiger partial charge in [0.1, 0.15) is 0 Å². The van der Waals surface area contributed by atoms with Gasteiger partial charge in [-0.1, -0.05) is 13.8 Å². The minimum absolute atomic E-state index is 0.00273. The van der Waals surface area contributed by atoms with Gasteiger partial charge in [0, 0.05) is 17.8 Å². The van der Waals surface area contributed by atoms with Crippen molar-refractivity contribution >= 4 is 5.91 Å². The van der Waals surface area contributed by atoms with Crippen molar-refractivity contribution in [3.63, 3.8) is 0 Å². The van der Waals surface area contributed by atoms with Crippen LogP contribution < -0.4 is 5.32 Å². The predicted octanol–water partition coefficient (Wildman–Crippen LogP) is 0.963. The average Bonchev–Trinajstić information content (AvgIpc) is 2.83. The van der Waals surface area contributed by atoms with Crippen molar-refractivity contribution in [3.8, 4) is 0 Å². The molecule has 1 aromatic rings. The number of nitrogens with zero attached hydrogens (tertiary/aromatic N) is 1. The maximum atomic E-state index is 12.1. The molecule has 2 atom stereocenters. The number of fused-ring (bicyclic) bond motifs is 1. The number of hydrogen-bond donors (Lipinski definition) is 3. The molecule has 0 radical (unpaired) electrons. The summed E-state index contributed by atoms with van der Waals surface area (Å²) in [5.41, 5.74) is 2.09. The first-order chi connectivity index (χ1) is 8.59. The Labute approximate surface area is 107 Å². The lowest BCUT2D eigenvalue weighted by atomic mass is 9.86. The highest BCUT2D eigenvalue weighted by Gasteiger charge is 2.28. The third kappa shape index (κ3) is 2.72. The standard InChI is InChI=1S/C13H21N3O2/c1-8(2)12(17)7-14-13(18)9-4-3-5-11-10(9)6-15-16-11/h6,8-9,12,17H,3-5,7H2,1-2H3,(H,14,18)(H,15,16). The van der Waals surface area contributed by atoms with Gasteiger partial charge in [0.15, 0.2) is 0 Å². The highest BCUT2D eigenvalue weighted by molar-refractivity contribution is 5.84. The van der Waals surface area contributed by atoms with Crippen LogP contribution in [0.25, 0.3) is 0 Å². The van der Waals surface area contributed by atoms with Gasteiger partial charge in [-0.05, 0) is 25.2 Å². The van der Waals surface area contributed by atoms with Gasteiger partial charge >= 0.3 is 0 Å². The summed E-state index contributed by atoms with van der Waals surface area (Å²) in [6, 6.07) is 0. The van der Waals surface area contributed by atoms with Crippen LogP contribution in [-0.4, -0.2) is 33.9 Å². The number of aryl methyl sites for hydroxylation is 1. The summed E-state index contributed by atoms with van der Waals surface area (Å²) in [4.78, 5) is 12.1. The number of hydrogen-bond acceptors (Lipinski definition) is 3. The Morgan fingerprint density at radius 3 is 3.17 bits per heavy atom. The van der Waals surface area contributed by atoms with E-state index in [-0.39, 0.29) is 17.7 Å². The van der Waals surface area contributed by atoms with Crippen LogP contribution in [0, 0.1) is 5.92 Å². The maximum absolute atomic E-state index is 12.1. The maximum Gasteiger partial charge on any atom is 0.227 e. The fourth-order valence-electron chi connectivity index (χ4n) is 2.30. The summed E-state index contributed by atoms with van der Waals surface area (Å²) in [5.74, 6) is 0.0325. The molecule has 0 aliphatic heterocycles. The summed E-state index contributed by atoms with van der Waals surface area (Å²) >= 11 is 0. The number of H-pyrrole nitrogens is 1. The molecule has 2 rings (SSSR count). The largest absolute Gasteiger partial charge is 0.391 e. The van der Waals surface area contributed by atoms with Crippen molar-refractivity contribution in [2.75, 3.05) is 6.54 Å². The van der Waals surface area contributed by atoms with Crippen molar-refractivity contribution < 1.29 is 9.90 Å². The molecule has 5 heteroatoms. The monoisotopic (exact) mass is 251 g/mol. The Bertz CT molecular complexity index is 414. The molecule has 100 valence electrons. The third-order valence-corrected chi connectivity index (χ3v) is 3.62. The molecule has 3 N–H and O–H groups in total. The Kier molecular flexibility index (Phi) is 4.01. The highest BCUT2D eigenvalue weighted by Crippen LogP contribution is 2.30. The van der Waals surface area contributed by atoms with Crippen LogP contribution in [0.4, 0.5) is 0 Å². The van der Waals surface area contributed by atoms with E-state index in [2.05, 4.69) is 15.5 Å². The Balaban J connectivity index is 1.95. The predicted molar refractivity (Wildman–Crippen MR) is 68.1 cm³/mol. The number of amides is 1. The van der Waals surface area contributed by atoms with Crippen molar-refractivity contribution in [1.82, 2.24) is 15.5 Å². The van der Waals surface area contributed by atoms with E-state index in [0.717, 1.165) is 30.5 Å². The Morgan fingerprint density at radius 2 is 2.44 bits per heavy atom. The first kappa shape index (κ1) is 13.1. The fraction of sp³-hybridized carbons (Fsp3) is 0.692. The number of rotatable bonds is 4. The molecule has 0 spiro atoms. The van der Waals surface area contributed by atoms with Crippen molar-refractivity contribution in [2.45, 2.75) is 45.1 Å². The smallest absolute Gasteiger partial charge is 0.227 e. The minimum atomic E-state index is -0.485. The van der Waals surface area contributed by atoms with Crippen LogP contribution in [0.5, 0.6) is 0 Å². The van der Waals surface area contributed by atoms with E-state index >= 15 is 0 Å². The number of carbonyl (C=O) groups excluding carboxylic acids is 1. The summed E-state index contributed by atoms with van der Waals surface area (Å²) in [5, 5.41) is 19.5. The minimum Gasteiger partial charge on any atom is -0.391 e. The van der Waals surface area contributed by atoms with Crippen LogP contribution in [-0.2, 0) is 11.2 Å². The molecule has 0 saturated heterocycles. The van der Waals surface area contributed by atoms with E-state index in [9.17, 15) is 9.90 Å². The van der Waals surface area contributed by atoms with Gasteiger partial charge in [0.05, 0.1) is 18.2 Å². The SMILES string of the molecule is CC(C)C(O)CNC(=O)C1CCCc2[nH]ncc21. The zero-order valence-electron chi connectivity index (χ0n) is 10.9. The molecule has 1 aromatic heterocycles. The van der Waals surface area contributed by atoms with Gasteiger partial charge in [0.25, 0.3) is 0 Å². The topological polar surface area (TPSA) is 78.0 Å². The molecular formula is C13H21N3O2. The number of carbonyl (C=O) groups is 1. The molecule has 1 heterocycles. The van der Waals surface area contributed by atoms with Gasteiger partial charge < -0.3 is 10.4 Å². The number of aliphatic hydroxyl groups excluding tert-OH is 1. The molecule has 2 unspecified atom stereocenters. The number of nitrogens with one attached hydrogen (secondary N) is 2. The number of aromatic nitrogens is 2. The zero-order chi connectivity index (χ0) is 13.1. The molecule has 0 aromatic carbocycles. The third-order valence-electron chi connectivity index (χ3n) is 3.62. The van der Waals surface area contributed by atoms with Gasteiger partial charge in [-0.2, -0.15) is 5.10 Å². The summed E-state index contributed by atoms with van der Waals surface area (Å²) in [6.07, 6.45) is 4.09. The van der Waals surface area contributed by atoms with Crippen LogP contribution in [0.1, 0.15) is 43.9 Å². The van der Waals surface area contributed by atoms with Crippen LogP contribution >= 0.6 is 0 Å². The molecule has 0 saturated carbocycles. The summed E-state index contributed by atoms with van der Waals surface area (Å²) in [7, 11) is 0. The lowest BCUT2D eigenvalue weighted by molar-refractivity contribution is -0.123. The van der Waals surface area contributed by atoms with Gasteiger partial charge in [-0.3, -0.25) is 9.89 Å². The van der Waals surface area contributed by atoms with Crippen LogP contribution in [0.15, 0.2) is 6.20 Å². The lowest BCUT2D eigenvalue weighted by Gasteiger charge is -2.22. The van der Waals surface area contributed by atoms with Gasteiger partial charge in [0.2, 0.25) is 5.91 Å². The molecule has 5 nitrogen and oxygen atoms in total. The first-order valence-corrected chi connectivity index (χ1v) is 6.57. The lowest BCUT2D eigenvalue weighted by Crippen LogP contribution is -2.38. The highest BCUT2D eigenvalue weighted by atomic mass is 16.3. The van der Waals surface area contributed by atoms with E-state index in [0.29, 0.717) is 6.54 Å².